The Labute approximate surface area is 125 Å². The number of para-hydroxylation sites is 1. The molecule has 0 atom stereocenters. The fraction of sp³-hybridized carbons (Fsp3) is 0.333. The van der Waals surface area contributed by atoms with Crippen LogP contribution in [0.1, 0.15) is 41.5 Å². The van der Waals surface area contributed by atoms with E-state index in [0.717, 1.165) is 10.7 Å². The number of alkyl halides is 3. The van der Waals surface area contributed by atoms with Crippen molar-refractivity contribution in [2.24, 2.45) is 0 Å². The van der Waals surface area contributed by atoms with Gasteiger partial charge in [-0.1, -0.05) is 26.0 Å². The molecule has 0 amide bonds. The summed E-state index contributed by atoms with van der Waals surface area (Å²) >= 11 is 0. The van der Waals surface area contributed by atoms with Crippen LogP contribution in [0.2, 0.25) is 0 Å². The van der Waals surface area contributed by atoms with E-state index in [0.29, 0.717) is 5.69 Å². The second-order valence-corrected chi connectivity index (χ2v) is 5.03. The first-order chi connectivity index (χ1) is 10.3. The topological polar surface area (TPSA) is 44.1 Å². The summed E-state index contributed by atoms with van der Waals surface area (Å²) in [6.07, 6.45) is -4.55. The van der Waals surface area contributed by atoms with Crippen LogP contribution in [0.15, 0.2) is 30.3 Å². The number of hydrogen-bond donors (Lipinski definition) is 0. The van der Waals surface area contributed by atoms with Crippen molar-refractivity contribution in [2.45, 2.75) is 25.9 Å². The Morgan fingerprint density at radius 1 is 1.27 bits per heavy atom. The van der Waals surface area contributed by atoms with Crippen LogP contribution in [0.4, 0.5) is 13.2 Å². The predicted octanol–water partition coefficient (Wildman–Crippen LogP) is 3.80. The third kappa shape index (κ3) is 2.98. The predicted molar refractivity (Wildman–Crippen MR) is 74.0 cm³/mol. The van der Waals surface area contributed by atoms with Crippen LogP contribution in [0.5, 0.6) is 0 Å². The van der Waals surface area contributed by atoms with Gasteiger partial charge in [0, 0.05) is 5.69 Å². The number of carbonyl (C=O) groups is 1. The van der Waals surface area contributed by atoms with E-state index in [1.54, 1.807) is 26.0 Å². The molecule has 0 saturated carbocycles. The van der Waals surface area contributed by atoms with Crippen LogP contribution in [0, 0.1) is 0 Å². The highest BCUT2D eigenvalue weighted by atomic mass is 19.4. The highest BCUT2D eigenvalue weighted by Gasteiger charge is 2.35. The molecule has 1 heterocycles. The van der Waals surface area contributed by atoms with Gasteiger partial charge in [0.2, 0.25) is 0 Å². The summed E-state index contributed by atoms with van der Waals surface area (Å²) in [4.78, 5) is 11.8. The van der Waals surface area contributed by atoms with Gasteiger partial charge < -0.3 is 4.74 Å². The van der Waals surface area contributed by atoms with Crippen LogP contribution < -0.4 is 0 Å². The van der Waals surface area contributed by atoms with Gasteiger partial charge in [-0.15, -0.1) is 0 Å². The Bertz CT molecular complexity index is 690. The number of ether oxygens (including phenoxy) is 1. The van der Waals surface area contributed by atoms with Gasteiger partial charge in [0.1, 0.15) is 0 Å². The Morgan fingerprint density at radius 3 is 2.45 bits per heavy atom. The number of esters is 1. The molecule has 7 heteroatoms. The van der Waals surface area contributed by atoms with Gasteiger partial charge in [0.25, 0.3) is 0 Å². The van der Waals surface area contributed by atoms with Gasteiger partial charge in [-0.05, 0) is 24.1 Å². The molecule has 0 fully saturated rings. The lowest BCUT2D eigenvalue weighted by Gasteiger charge is -2.13. The number of carbonyl (C=O) groups excluding carboxylic acids is 1. The molecular formula is C15H15F3N2O2. The molecule has 1 aromatic heterocycles. The standard InChI is InChI=1S/C15H15F3N2O2/c1-9(2)12-8-13(15(16,17)18)19-20(12)11-7-5-4-6-10(11)14(21)22-3/h4-9H,1-3H3. The maximum Gasteiger partial charge on any atom is 0.435 e. The molecule has 0 saturated heterocycles. The molecule has 0 aliphatic rings. The van der Waals surface area contributed by atoms with E-state index in [1.807, 2.05) is 0 Å². The van der Waals surface area contributed by atoms with Gasteiger partial charge in [0.05, 0.1) is 18.4 Å². The molecule has 0 N–H and O–H groups in total. The van der Waals surface area contributed by atoms with Gasteiger partial charge in [0.15, 0.2) is 5.69 Å². The molecule has 0 bridgehead atoms. The van der Waals surface area contributed by atoms with Crippen molar-refractivity contribution in [1.82, 2.24) is 9.78 Å². The van der Waals surface area contributed by atoms with Crippen LogP contribution >= 0.6 is 0 Å². The quantitative estimate of drug-likeness (QED) is 0.810. The van der Waals surface area contributed by atoms with Crippen LogP contribution in [-0.2, 0) is 10.9 Å². The first-order valence-corrected chi connectivity index (χ1v) is 6.60. The van der Waals surface area contributed by atoms with Crippen molar-refractivity contribution in [3.8, 4) is 5.69 Å². The molecular weight excluding hydrogens is 297 g/mol. The molecule has 0 spiro atoms. The van der Waals surface area contributed by atoms with Gasteiger partial charge >= 0.3 is 12.1 Å². The van der Waals surface area contributed by atoms with Crippen molar-refractivity contribution in [3.63, 3.8) is 0 Å². The number of hydrogen-bond acceptors (Lipinski definition) is 3. The number of benzene rings is 1. The zero-order valence-corrected chi connectivity index (χ0v) is 12.3. The van der Waals surface area contributed by atoms with Gasteiger partial charge in [-0.3, -0.25) is 0 Å². The molecule has 118 valence electrons. The zero-order valence-electron chi connectivity index (χ0n) is 12.3. The summed E-state index contributed by atoms with van der Waals surface area (Å²) in [5.41, 5.74) is -0.211. The maximum atomic E-state index is 12.9. The normalized spacial score (nSPS) is 11.8. The minimum Gasteiger partial charge on any atom is -0.465 e. The van der Waals surface area contributed by atoms with E-state index in [4.69, 9.17) is 0 Å². The highest BCUT2D eigenvalue weighted by molar-refractivity contribution is 5.93. The molecule has 1 aromatic carbocycles. The fourth-order valence-corrected chi connectivity index (χ4v) is 2.08. The summed E-state index contributed by atoms with van der Waals surface area (Å²) in [5.74, 6) is -0.830. The van der Waals surface area contributed by atoms with E-state index in [2.05, 4.69) is 9.84 Å². The summed E-state index contributed by atoms with van der Waals surface area (Å²) in [6, 6.07) is 7.25. The molecule has 0 unspecified atom stereocenters. The van der Waals surface area contributed by atoms with Crippen molar-refractivity contribution in [1.29, 1.82) is 0 Å². The van der Waals surface area contributed by atoms with E-state index in [1.165, 1.54) is 19.2 Å². The lowest BCUT2D eigenvalue weighted by molar-refractivity contribution is -0.141. The Morgan fingerprint density at radius 2 is 1.91 bits per heavy atom. The highest BCUT2D eigenvalue weighted by Crippen LogP contribution is 2.32. The number of aromatic nitrogens is 2. The second kappa shape index (κ2) is 5.82. The third-order valence-electron chi connectivity index (χ3n) is 3.16. The molecule has 22 heavy (non-hydrogen) atoms. The molecule has 2 rings (SSSR count). The summed E-state index contributed by atoms with van der Waals surface area (Å²) in [6.45, 7) is 3.52. The summed E-state index contributed by atoms with van der Waals surface area (Å²) in [5, 5.41) is 3.63. The second-order valence-electron chi connectivity index (χ2n) is 5.03. The van der Waals surface area contributed by atoms with Crippen molar-refractivity contribution in [3.05, 3.63) is 47.3 Å². The average Bonchev–Trinajstić information content (AvgIpc) is 2.91. The van der Waals surface area contributed by atoms with Crippen LogP contribution in [-0.4, -0.2) is 22.9 Å². The number of methoxy groups -OCH3 is 1. The monoisotopic (exact) mass is 312 g/mol. The lowest BCUT2D eigenvalue weighted by Crippen LogP contribution is -2.12. The maximum absolute atomic E-state index is 12.9. The third-order valence-corrected chi connectivity index (χ3v) is 3.16. The van der Waals surface area contributed by atoms with Crippen molar-refractivity contribution < 1.29 is 22.7 Å². The summed E-state index contributed by atoms with van der Waals surface area (Å²) in [7, 11) is 1.21. The van der Waals surface area contributed by atoms with E-state index in [-0.39, 0.29) is 17.2 Å². The van der Waals surface area contributed by atoms with E-state index < -0.39 is 17.8 Å². The first-order valence-electron chi connectivity index (χ1n) is 6.60. The molecule has 0 aliphatic carbocycles. The molecule has 4 nitrogen and oxygen atoms in total. The zero-order chi connectivity index (χ0) is 16.5. The minimum absolute atomic E-state index is 0.156. The van der Waals surface area contributed by atoms with Gasteiger partial charge in [-0.2, -0.15) is 18.3 Å². The Kier molecular flexibility index (Phi) is 4.25. The molecule has 0 aliphatic heterocycles. The molecule has 2 aromatic rings. The number of rotatable bonds is 3. The van der Waals surface area contributed by atoms with E-state index in [9.17, 15) is 18.0 Å². The smallest absolute Gasteiger partial charge is 0.435 e. The Balaban J connectivity index is 2.67. The minimum atomic E-state index is -4.55. The number of nitrogens with zero attached hydrogens (tertiary/aromatic N) is 2. The Hall–Kier alpha value is -2.31. The van der Waals surface area contributed by atoms with Crippen LogP contribution in [0.3, 0.4) is 0 Å². The average molecular weight is 312 g/mol. The lowest BCUT2D eigenvalue weighted by atomic mass is 10.1. The van der Waals surface area contributed by atoms with Crippen molar-refractivity contribution in [2.75, 3.05) is 7.11 Å². The summed E-state index contributed by atoms with van der Waals surface area (Å²) < 4.78 is 44.6. The largest absolute Gasteiger partial charge is 0.465 e. The van der Waals surface area contributed by atoms with E-state index >= 15 is 0 Å². The SMILES string of the molecule is COC(=O)c1ccccc1-n1nc(C(F)(F)F)cc1C(C)C. The van der Waals surface area contributed by atoms with Gasteiger partial charge in [-0.25, -0.2) is 9.48 Å². The van der Waals surface area contributed by atoms with Crippen LogP contribution in [0.25, 0.3) is 5.69 Å². The fourth-order valence-electron chi connectivity index (χ4n) is 2.08. The van der Waals surface area contributed by atoms with Crippen molar-refractivity contribution >= 4 is 5.97 Å². The molecule has 0 radical (unpaired) electrons. The number of halogens is 3. The first kappa shape index (κ1) is 16.1.